The Hall–Kier alpha value is -5.59. The molecule has 310 valence electrons. The highest BCUT2D eigenvalue weighted by Gasteiger charge is 2.55. The summed E-state index contributed by atoms with van der Waals surface area (Å²) in [5, 5.41) is 4.68. The lowest BCUT2D eigenvalue weighted by atomic mass is 9.82. The fourth-order valence-corrected chi connectivity index (χ4v) is 9.82. The molecule has 0 saturated heterocycles. The summed E-state index contributed by atoms with van der Waals surface area (Å²) in [4.78, 5) is 7.56. The Bertz CT molecular complexity index is 2420. The van der Waals surface area contributed by atoms with Gasteiger partial charge in [-0.15, -0.1) is 0 Å². The van der Waals surface area contributed by atoms with Gasteiger partial charge < -0.3 is 26.3 Å². The highest BCUT2D eigenvalue weighted by molar-refractivity contribution is 6.00. The molecule has 3 aromatic rings. The van der Waals surface area contributed by atoms with Crippen LogP contribution in [0.3, 0.4) is 0 Å². The van der Waals surface area contributed by atoms with Crippen LogP contribution < -0.4 is 16.8 Å². The molecule has 0 bridgehead atoms. The van der Waals surface area contributed by atoms with E-state index in [0.29, 0.717) is 5.92 Å². The minimum atomic E-state index is -0.402. The van der Waals surface area contributed by atoms with Crippen LogP contribution in [-0.2, 0) is 5.54 Å². The minimum absolute atomic E-state index is 0.139. The van der Waals surface area contributed by atoms with Crippen LogP contribution in [0, 0.1) is 5.92 Å². The van der Waals surface area contributed by atoms with Crippen molar-refractivity contribution in [1.82, 2.24) is 14.8 Å². The van der Waals surface area contributed by atoms with Crippen LogP contribution in [-0.4, -0.2) is 40.4 Å². The molecule has 5 atom stereocenters. The molecule has 6 heteroatoms. The van der Waals surface area contributed by atoms with E-state index in [2.05, 4.69) is 182 Å². The van der Waals surface area contributed by atoms with Crippen LogP contribution in [0.15, 0.2) is 150 Å². The van der Waals surface area contributed by atoms with Gasteiger partial charge in [0.2, 0.25) is 0 Å². The van der Waals surface area contributed by atoms with Gasteiger partial charge in [0.25, 0.3) is 0 Å². The zero-order valence-corrected chi connectivity index (χ0v) is 36.2. The molecule has 2 aromatic carbocycles. The first kappa shape index (κ1) is 41.2. The van der Waals surface area contributed by atoms with Crippen molar-refractivity contribution in [2.45, 2.75) is 102 Å². The summed E-state index contributed by atoms with van der Waals surface area (Å²) in [5.74, 6) is 0.748. The van der Waals surface area contributed by atoms with Gasteiger partial charge >= 0.3 is 0 Å². The molecular formula is C54H64N6. The molecule has 3 aliphatic carbocycles. The van der Waals surface area contributed by atoms with Crippen molar-refractivity contribution in [3.8, 4) is 0 Å². The summed E-state index contributed by atoms with van der Waals surface area (Å²) in [6.45, 7) is 10.3. The lowest BCUT2D eigenvalue weighted by molar-refractivity contribution is 0.259. The van der Waals surface area contributed by atoms with E-state index in [0.717, 1.165) is 92.4 Å². The number of anilines is 1. The second kappa shape index (κ2) is 17.9. The molecule has 0 spiro atoms. The van der Waals surface area contributed by atoms with E-state index in [1.54, 1.807) is 0 Å². The van der Waals surface area contributed by atoms with Crippen molar-refractivity contribution in [1.29, 1.82) is 0 Å². The van der Waals surface area contributed by atoms with Crippen molar-refractivity contribution in [2.24, 2.45) is 16.6 Å². The third-order valence-corrected chi connectivity index (χ3v) is 13.2. The van der Waals surface area contributed by atoms with E-state index in [4.69, 9.17) is 16.5 Å². The van der Waals surface area contributed by atoms with E-state index in [1.807, 2.05) is 6.21 Å². The SMILES string of the molecule is C/C=C\c1c(N)c2cc(C3CC=CC=C3C(C)N/C=C\CC)ccc2n1C1=CC(N2C/C=C\C(c3ccccc3C34CC3C=CC=N4)=C/CC(N)(CCCC)C2)=CCC=C1. The molecule has 3 heterocycles. The van der Waals surface area contributed by atoms with Gasteiger partial charge in [-0.3, -0.25) is 4.99 Å². The minimum Gasteiger partial charge on any atom is -0.396 e. The van der Waals surface area contributed by atoms with Gasteiger partial charge in [-0.1, -0.05) is 124 Å². The normalized spacial score (nSPS) is 27.1. The summed E-state index contributed by atoms with van der Waals surface area (Å²) >= 11 is 0. The average Bonchev–Trinajstić information content (AvgIpc) is 4.01. The number of nitrogen functional groups attached to an aromatic ring is 1. The summed E-state index contributed by atoms with van der Waals surface area (Å²) in [6.07, 6.45) is 45.8. The van der Waals surface area contributed by atoms with Gasteiger partial charge in [0.15, 0.2) is 0 Å². The monoisotopic (exact) mass is 797 g/mol. The molecule has 1 saturated carbocycles. The third-order valence-electron chi connectivity index (χ3n) is 13.2. The molecule has 0 radical (unpaired) electrons. The number of hydrogen-bond acceptors (Lipinski definition) is 5. The fourth-order valence-electron chi connectivity index (χ4n) is 9.82. The molecule has 5 N–H and O–H groups in total. The molecule has 5 aliphatic rings. The molecule has 5 unspecified atom stereocenters. The lowest BCUT2D eigenvalue weighted by Crippen LogP contribution is -2.49. The summed E-state index contributed by atoms with van der Waals surface area (Å²) < 4.78 is 2.35. The van der Waals surface area contributed by atoms with Gasteiger partial charge in [0, 0.05) is 59.5 Å². The second-order valence-electron chi connectivity index (χ2n) is 17.4. The number of aromatic nitrogens is 1. The number of nitrogens with two attached hydrogens (primary N) is 2. The van der Waals surface area contributed by atoms with Crippen LogP contribution in [0.4, 0.5) is 5.69 Å². The maximum absolute atomic E-state index is 7.54. The number of allylic oxidation sites excluding steroid dienone is 13. The zero-order chi connectivity index (χ0) is 41.7. The van der Waals surface area contributed by atoms with Crippen LogP contribution >= 0.6 is 0 Å². The van der Waals surface area contributed by atoms with Crippen LogP contribution in [0.5, 0.6) is 0 Å². The number of rotatable bonds is 13. The van der Waals surface area contributed by atoms with E-state index >= 15 is 0 Å². The molecule has 6 nitrogen and oxygen atoms in total. The maximum Gasteiger partial charge on any atom is 0.0932 e. The quantitative estimate of drug-likeness (QED) is 0.161. The van der Waals surface area contributed by atoms with E-state index in [1.165, 1.54) is 33.5 Å². The molecule has 60 heavy (non-hydrogen) atoms. The van der Waals surface area contributed by atoms with Crippen molar-refractivity contribution >= 4 is 40.2 Å². The van der Waals surface area contributed by atoms with Crippen molar-refractivity contribution in [2.75, 3.05) is 18.8 Å². The third kappa shape index (κ3) is 8.27. The highest BCUT2D eigenvalue weighted by atomic mass is 15.2. The Morgan fingerprint density at radius 3 is 2.75 bits per heavy atom. The Kier molecular flexibility index (Phi) is 12.3. The van der Waals surface area contributed by atoms with Gasteiger partial charge in [-0.25, -0.2) is 0 Å². The smallest absolute Gasteiger partial charge is 0.0932 e. The number of fused-ring (bicyclic) bond motifs is 2. The molecule has 0 amide bonds. The second-order valence-corrected chi connectivity index (χ2v) is 17.4. The lowest BCUT2D eigenvalue weighted by Gasteiger charge is -2.36. The number of hydrogen-bond donors (Lipinski definition) is 3. The van der Waals surface area contributed by atoms with Crippen LogP contribution in [0.2, 0.25) is 0 Å². The fraction of sp³-hybridized carbons (Fsp3) is 0.352. The molecule has 1 fully saturated rings. The number of unbranched alkanes of at least 4 members (excludes halogenated alkanes) is 1. The van der Waals surface area contributed by atoms with Gasteiger partial charge in [-0.05, 0) is 123 Å². The van der Waals surface area contributed by atoms with Crippen molar-refractivity contribution < 1.29 is 0 Å². The number of dihydropyridines is 1. The molecule has 2 aliphatic heterocycles. The van der Waals surface area contributed by atoms with Gasteiger partial charge in [-0.2, -0.15) is 0 Å². The number of aliphatic imine (C=N–C) groups is 1. The van der Waals surface area contributed by atoms with Gasteiger partial charge in [0.1, 0.15) is 0 Å². The van der Waals surface area contributed by atoms with Crippen LogP contribution in [0.25, 0.3) is 28.2 Å². The number of benzene rings is 2. The predicted octanol–water partition coefficient (Wildman–Crippen LogP) is 11.9. The molecular weight excluding hydrogens is 733 g/mol. The van der Waals surface area contributed by atoms with Crippen molar-refractivity contribution in [3.05, 3.63) is 167 Å². The maximum atomic E-state index is 7.54. The first-order valence-corrected chi connectivity index (χ1v) is 22.4. The Morgan fingerprint density at radius 1 is 1.03 bits per heavy atom. The Labute approximate surface area is 358 Å². The molecule has 8 rings (SSSR count). The average molecular weight is 797 g/mol. The molecule has 1 aromatic heterocycles. The Balaban J connectivity index is 1.14. The first-order valence-electron chi connectivity index (χ1n) is 22.4. The van der Waals surface area contributed by atoms with E-state index in [9.17, 15) is 0 Å². The standard InChI is InChI=1S/C54H64N6/c1-5-8-30-53(56)31-29-40(47-25-14-15-26-49(47)54-37-42(54)20-16-33-58-54)19-17-34-59(38-53)43-21-10-11-22-44(36-43)60-50-28-27-41(35-48(50)52(55)51(60)18-7-3)46-24-13-12-23-45(46)39(4)57-32-9-6-2/h7,9,11-23,25-29,32-33,35-36,39,42,46,57H,5-6,8,10,24,30-31,34,37-38,55-56H2,1-4H3/b18-7-,19-17-,32-9-,40-29+. The zero-order valence-electron chi connectivity index (χ0n) is 36.2. The summed E-state index contributed by atoms with van der Waals surface area (Å²) in [5.41, 5.74) is 25.9. The first-order chi connectivity index (χ1) is 29.3. The highest BCUT2D eigenvalue weighted by Crippen LogP contribution is 2.58. The summed E-state index contributed by atoms with van der Waals surface area (Å²) in [7, 11) is 0. The van der Waals surface area contributed by atoms with Crippen LogP contribution in [0.1, 0.15) is 107 Å². The summed E-state index contributed by atoms with van der Waals surface area (Å²) in [6, 6.07) is 16.1. The topological polar surface area (TPSA) is 84.6 Å². The largest absolute Gasteiger partial charge is 0.396 e. The number of nitrogens with one attached hydrogen (secondary N) is 1. The van der Waals surface area contributed by atoms with Gasteiger partial charge in [0.05, 0.1) is 22.4 Å². The van der Waals surface area contributed by atoms with E-state index < -0.39 is 5.54 Å². The number of nitrogens with zero attached hydrogens (tertiary/aromatic N) is 3. The van der Waals surface area contributed by atoms with Crippen molar-refractivity contribution in [3.63, 3.8) is 0 Å². The predicted molar refractivity (Wildman–Crippen MR) is 257 cm³/mol. The Morgan fingerprint density at radius 2 is 1.92 bits per heavy atom. The van der Waals surface area contributed by atoms with E-state index in [-0.39, 0.29) is 17.5 Å².